The van der Waals surface area contributed by atoms with Gasteiger partial charge in [0.25, 0.3) is 0 Å². The van der Waals surface area contributed by atoms with Crippen molar-refractivity contribution in [1.29, 1.82) is 0 Å². The first-order valence-electron chi connectivity index (χ1n) is 28.2. The highest BCUT2D eigenvalue weighted by Gasteiger charge is 2.31. The first kappa shape index (κ1) is 60.2. The van der Waals surface area contributed by atoms with Gasteiger partial charge in [0.2, 0.25) is 5.91 Å². The number of benzene rings is 3. The Morgan fingerprint density at radius 3 is 2.03 bits per heavy atom. The van der Waals surface area contributed by atoms with Crippen LogP contribution in [0.5, 0.6) is 5.75 Å². The van der Waals surface area contributed by atoms with Crippen LogP contribution < -0.4 is 15.4 Å². The Labute approximate surface area is 454 Å². The molecule has 3 aromatic carbocycles. The van der Waals surface area contributed by atoms with Crippen LogP contribution in [-0.4, -0.2) is 162 Å². The van der Waals surface area contributed by atoms with Crippen LogP contribution in [0.25, 0.3) is 21.9 Å². The number of carbonyl (C=O) groups excluding carboxylic acids is 2. The van der Waals surface area contributed by atoms with Gasteiger partial charge in [-0.1, -0.05) is 65.0 Å². The number of hydrogen-bond acceptors (Lipinski definition) is 14. The monoisotopic (exact) mass is 1050 g/mol. The number of amides is 1. The van der Waals surface area contributed by atoms with Crippen molar-refractivity contribution in [3.05, 3.63) is 94.5 Å². The molecule has 76 heavy (non-hydrogen) atoms. The topological polar surface area (TPSA) is 153 Å². The van der Waals surface area contributed by atoms with E-state index in [2.05, 4.69) is 98.3 Å². The van der Waals surface area contributed by atoms with E-state index < -0.39 is 0 Å². The molecule has 418 valence electrons. The standard InChI is InChI=1S/C61H91N7O8/c1-10-68(11-2)32-35-75-59-45(3)42-47(43-46(59)4)58(70)57-51-19-13-15-21-53(51)76-54(57)22-16-23-56(69)62-29-33-71-36-38-73-40-41-74-39-37-72-34-31-66(8)30-17-28-63-60-50-18-12-14-20-52(50)64-55(65-60)44-67(9)49-26-24-48(25-27-49)61(5,6)7/h12-15,18-21,42-43,48-49H,10-11,16-17,22-41,44H2,1-9H3,(H,62,69)(H,63,64,65). The van der Waals surface area contributed by atoms with Gasteiger partial charge in [0.05, 0.1) is 70.5 Å². The summed E-state index contributed by atoms with van der Waals surface area (Å²) in [5.74, 6) is 3.84. The minimum absolute atomic E-state index is 0.0757. The van der Waals surface area contributed by atoms with Gasteiger partial charge < -0.3 is 48.5 Å². The van der Waals surface area contributed by atoms with Crippen molar-refractivity contribution in [2.75, 3.05) is 125 Å². The van der Waals surface area contributed by atoms with Gasteiger partial charge in [-0.15, -0.1) is 0 Å². The summed E-state index contributed by atoms with van der Waals surface area (Å²) in [7, 11) is 4.36. The van der Waals surface area contributed by atoms with E-state index in [1.165, 1.54) is 25.7 Å². The summed E-state index contributed by atoms with van der Waals surface area (Å²) in [4.78, 5) is 43.9. The fourth-order valence-corrected chi connectivity index (χ4v) is 10.3. The third-order valence-corrected chi connectivity index (χ3v) is 14.9. The van der Waals surface area contributed by atoms with Gasteiger partial charge in [-0.2, -0.15) is 0 Å². The zero-order chi connectivity index (χ0) is 54.3. The number of para-hydroxylation sites is 2. The minimum Gasteiger partial charge on any atom is -0.492 e. The van der Waals surface area contributed by atoms with E-state index in [4.69, 9.17) is 38.1 Å². The molecule has 2 aromatic heterocycles. The Hall–Kier alpha value is -5.00. The van der Waals surface area contributed by atoms with Crippen LogP contribution in [0.4, 0.5) is 5.82 Å². The molecule has 1 aliphatic carbocycles. The molecule has 1 amide bonds. The number of hydrogen-bond donors (Lipinski definition) is 2. The molecular weight excluding hydrogens is 959 g/mol. The number of aryl methyl sites for hydroxylation is 3. The van der Waals surface area contributed by atoms with Crippen molar-refractivity contribution in [1.82, 2.24) is 30.0 Å². The fourth-order valence-electron chi connectivity index (χ4n) is 10.3. The Morgan fingerprint density at radius 1 is 0.724 bits per heavy atom. The molecule has 6 rings (SSSR count). The summed E-state index contributed by atoms with van der Waals surface area (Å²) >= 11 is 0. The van der Waals surface area contributed by atoms with E-state index in [9.17, 15) is 9.59 Å². The van der Waals surface area contributed by atoms with E-state index in [1.807, 2.05) is 50.2 Å². The summed E-state index contributed by atoms with van der Waals surface area (Å²) < 4.78 is 35.2. The molecule has 5 aromatic rings. The number of furan rings is 1. The number of rotatable bonds is 35. The van der Waals surface area contributed by atoms with E-state index in [0.29, 0.717) is 119 Å². The molecule has 1 aliphatic rings. The summed E-state index contributed by atoms with van der Waals surface area (Å²) in [6.07, 6.45) is 7.33. The number of anilines is 1. The summed E-state index contributed by atoms with van der Waals surface area (Å²) in [6, 6.07) is 20.3. The van der Waals surface area contributed by atoms with Crippen LogP contribution in [0.3, 0.4) is 0 Å². The predicted molar refractivity (Wildman–Crippen MR) is 305 cm³/mol. The van der Waals surface area contributed by atoms with Crippen molar-refractivity contribution in [3.63, 3.8) is 0 Å². The van der Waals surface area contributed by atoms with Gasteiger partial charge >= 0.3 is 0 Å². The van der Waals surface area contributed by atoms with Crippen molar-refractivity contribution in [3.8, 4) is 5.75 Å². The molecule has 1 saturated carbocycles. The second-order valence-electron chi connectivity index (χ2n) is 21.6. The van der Waals surface area contributed by atoms with Crippen LogP contribution in [0, 0.1) is 25.2 Å². The molecule has 15 nitrogen and oxygen atoms in total. The smallest absolute Gasteiger partial charge is 0.220 e. The maximum atomic E-state index is 14.1. The van der Waals surface area contributed by atoms with E-state index in [0.717, 1.165) is 103 Å². The number of likely N-dealkylation sites (N-methyl/N-ethyl adjacent to an activating group) is 2. The van der Waals surface area contributed by atoms with Crippen molar-refractivity contribution in [2.24, 2.45) is 11.3 Å². The van der Waals surface area contributed by atoms with Gasteiger partial charge in [-0.25, -0.2) is 9.97 Å². The molecule has 0 aliphatic heterocycles. The highest BCUT2D eigenvalue weighted by molar-refractivity contribution is 6.17. The van der Waals surface area contributed by atoms with E-state index in [-0.39, 0.29) is 11.7 Å². The second kappa shape index (κ2) is 31.4. The highest BCUT2D eigenvalue weighted by Crippen LogP contribution is 2.39. The molecule has 2 heterocycles. The maximum absolute atomic E-state index is 14.1. The lowest BCUT2D eigenvalue weighted by Crippen LogP contribution is -2.37. The van der Waals surface area contributed by atoms with Crippen LogP contribution in [0.15, 0.2) is 65.1 Å². The molecular formula is C61H91N7O8. The molecule has 2 N–H and O–H groups in total. The largest absolute Gasteiger partial charge is 0.492 e. The Bertz CT molecular complexity index is 2510. The van der Waals surface area contributed by atoms with Crippen LogP contribution in [0.1, 0.15) is 118 Å². The SMILES string of the molecule is CCN(CC)CCOc1c(C)cc(C(=O)c2c(CCCC(=O)NCCOCCOCCOCCOCCN(C)CCCNc3nc(CN(C)C4CCC(C(C)(C)C)CC4)nc4ccccc34)oc3ccccc23)cc1C. The lowest BCUT2D eigenvalue weighted by atomic mass is 9.71. The van der Waals surface area contributed by atoms with Crippen LogP contribution in [-0.2, 0) is 36.7 Å². The first-order chi connectivity index (χ1) is 36.7. The minimum atomic E-state index is -0.0967. The molecule has 0 spiro atoms. The van der Waals surface area contributed by atoms with Crippen LogP contribution >= 0.6 is 0 Å². The Kier molecular flexibility index (Phi) is 24.9. The zero-order valence-electron chi connectivity index (χ0n) is 47.6. The number of ketones is 1. The zero-order valence-corrected chi connectivity index (χ0v) is 47.6. The lowest BCUT2D eigenvalue weighted by molar-refractivity contribution is -0.121. The Morgan fingerprint density at radius 2 is 1.36 bits per heavy atom. The lowest BCUT2D eigenvalue weighted by Gasteiger charge is -2.39. The number of nitrogens with one attached hydrogen (secondary N) is 2. The van der Waals surface area contributed by atoms with Crippen molar-refractivity contribution < 1.29 is 37.7 Å². The number of ether oxygens (including phenoxy) is 5. The molecule has 0 atom stereocenters. The molecule has 15 heteroatoms. The predicted octanol–water partition coefficient (Wildman–Crippen LogP) is 9.92. The number of aromatic nitrogens is 2. The number of carbonyl (C=O) groups is 2. The van der Waals surface area contributed by atoms with E-state index >= 15 is 0 Å². The number of nitrogens with zero attached hydrogens (tertiary/aromatic N) is 5. The maximum Gasteiger partial charge on any atom is 0.220 e. The summed E-state index contributed by atoms with van der Waals surface area (Å²) in [5, 5.41) is 8.39. The summed E-state index contributed by atoms with van der Waals surface area (Å²) in [5.41, 5.74) is 5.01. The van der Waals surface area contributed by atoms with Gasteiger partial charge in [0, 0.05) is 61.4 Å². The van der Waals surface area contributed by atoms with E-state index in [1.54, 1.807) is 0 Å². The third-order valence-electron chi connectivity index (χ3n) is 14.9. The summed E-state index contributed by atoms with van der Waals surface area (Å²) in [6.45, 7) is 26.4. The molecule has 0 saturated heterocycles. The second-order valence-corrected chi connectivity index (χ2v) is 21.6. The van der Waals surface area contributed by atoms with Gasteiger partial charge in [-0.3, -0.25) is 14.5 Å². The Balaban J connectivity index is 0.761. The van der Waals surface area contributed by atoms with Crippen LogP contribution in [0.2, 0.25) is 0 Å². The molecule has 0 unspecified atom stereocenters. The molecule has 0 radical (unpaired) electrons. The quantitative estimate of drug-likeness (QED) is 0.0292. The van der Waals surface area contributed by atoms with Gasteiger partial charge in [0.15, 0.2) is 5.78 Å². The third kappa shape index (κ3) is 18.9. The highest BCUT2D eigenvalue weighted by atomic mass is 16.6. The molecule has 1 fully saturated rings. The average molecular weight is 1050 g/mol. The van der Waals surface area contributed by atoms with Crippen molar-refractivity contribution >= 4 is 39.4 Å². The van der Waals surface area contributed by atoms with Gasteiger partial charge in [0.1, 0.15) is 35.3 Å². The fraction of sp³-hybridized carbons (Fsp3) is 0.607. The van der Waals surface area contributed by atoms with Crippen molar-refractivity contribution in [2.45, 2.75) is 112 Å². The normalized spacial score (nSPS) is 15.2. The number of fused-ring (bicyclic) bond motifs is 2. The first-order valence-corrected chi connectivity index (χ1v) is 28.2. The van der Waals surface area contributed by atoms with Gasteiger partial charge in [-0.05, 0) is 139 Å². The average Bonchev–Trinajstić information content (AvgIpc) is 3.78. The molecule has 0 bridgehead atoms.